The Kier molecular flexibility index (Phi) is 4.22. The van der Waals surface area contributed by atoms with Gasteiger partial charge in [-0.2, -0.15) is 0 Å². The van der Waals surface area contributed by atoms with E-state index in [1.165, 1.54) is 0 Å². The molecular formula is C9H18ClNO2S. The smallest absolute Gasteiger partial charge is 0.211 e. The maximum Gasteiger partial charge on any atom is 0.211 e. The van der Waals surface area contributed by atoms with Crippen molar-refractivity contribution in [3.8, 4) is 0 Å². The average Bonchev–Trinajstić information content (AvgIpc) is 2.79. The van der Waals surface area contributed by atoms with E-state index >= 15 is 0 Å². The SMILES string of the molecule is CC(C)CS(=O)(=O)NCC(Cl)C1CC1. The standard InChI is InChI=1S/C9H18ClNO2S/c1-7(2)6-14(12,13)11-5-9(10)8-3-4-8/h7-9,11H,3-6H2,1-2H3. The molecule has 0 saturated heterocycles. The molecule has 1 N–H and O–H groups in total. The average molecular weight is 240 g/mol. The van der Waals surface area contributed by atoms with E-state index in [-0.39, 0.29) is 17.0 Å². The second kappa shape index (κ2) is 4.81. The highest BCUT2D eigenvalue weighted by Gasteiger charge is 2.30. The van der Waals surface area contributed by atoms with Crippen LogP contribution in [-0.4, -0.2) is 26.1 Å². The van der Waals surface area contributed by atoms with Gasteiger partial charge in [0.2, 0.25) is 10.0 Å². The molecule has 5 heteroatoms. The van der Waals surface area contributed by atoms with Crippen LogP contribution in [0.5, 0.6) is 0 Å². The van der Waals surface area contributed by atoms with Gasteiger partial charge in [-0.25, -0.2) is 13.1 Å². The molecule has 0 radical (unpaired) electrons. The van der Waals surface area contributed by atoms with Crippen molar-refractivity contribution in [2.45, 2.75) is 32.1 Å². The van der Waals surface area contributed by atoms with E-state index < -0.39 is 10.0 Å². The zero-order valence-electron chi connectivity index (χ0n) is 8.66. The van der Waals surface area contributed by atoms with Gasteiger partial charge in [-0.3, -0.25) is 0 Å². The van der Waals surface area contributed by atoms with E-state index in [4.69, 9.17) is 11.6 Å². The van der Waals surface area contributed by atoms with Crippen molar-refractivity contribution in [3.63, 3.8) is 0 Å². The molecule has 1 fully saturated rings. The highest BCUT2D eigenvalue weighted by molar-refractivity contribution is 7.89. The molecule has 1 rings (SSSR count). The molecule has 3 nitrogen and oxygen atoms in total. The molecule has 1 atom stereocenters. The molecule has 0 aliphatic heterocycles. The Bertz CT molecular complexity index is 273. The monoisotopic (exact) mass is 239 g/mol. The number of nitrogens with one attached hydrogen (secondary N) is 1. The molecule has 0 aromatic heterocycles. The molecule has 0 spiro atoms. The van der Waals surface area contributed by atoms with Crippen molar-refractivity contribution < 1.29 is 8.42 Å². The molecule has 1 aliphatic carbocycles. The molecule has 0 heterocycles. The van der Waals surface area contributed by atoms with Crippen molar-refractivity contribution >= 4 is 21.6 Å². The molecule has 84 valence electrons. The summed E-state index contributed by atoms with van der Waals surface area (Å²) in [7, 11) is -3.12. The van der Waals surface area contributed by atoms with Gasteiger partial charge in [-0.1, -0.05) is 13.8 Å². The molecule has 0 aromatic rings. The molecule has 0 aromatic carbocycles. The van der Waals surface area contributed by atoms with E-state index in [9.17, 15) is 8.42 Å². The van der Waals surface area contributed by atoms with E-state index in [1.807, 2.05) is 13.8 Å². The van der Waals surface area contributed by atoms with Crippen LogP contribution >= 0.6 is 11.6 Å². The van der Waals surface area contributed by atoms with Crippen molar-refractivity contribution in [2.75, 3.05) is 12.3 Å². The number of alkyl halides is 1. The summed E-state index contributed by atoms with van der Waals surface area (Å²) in [6.07, 6.45) is 2.28. The normalized spacial score (nSPS) is 20.0. The fourth-order valence-corrected chi connectivity index (χ4v) is 3.18. The van der Waals surface area contributed by atoms with Crippen molar-refractivity contribution in [1.29, 1.82) is 0 Å². The van der Waals surface area contributed by atoms with Crippen molar-refractivity contribution in [2.24, 2.45) is 11.8 Å². The van der Waals surface area contributed by atoms with Gasteiger partial charge in [0.1, 0.15) is 0 Å². The third-order valence-electron chi connectivity index (χ3n) is 2.18. The van der Waals surface area contributed by atoms with Crippen LogP contribution in [0.15, 0.2) is 0 Å². The van der Waals surface area contributed by atoms with Crippen LogP contribution in [0.1, 0.15) is 26.7 Å². The first kappa shape index (κ1) is 12.3. The second-order valence-electron chi connectivity index (χ2n) is 4.38. The number of hydrogen-bond acceptors (Lipinski definition) is 2. The Morgan fingerprint density at radius 1 is 1.43 bits per heavy atom. The van der Waals surface area contributed by atoms with E-state index in [0.717, 1.165) is 12.8 Å². The van der Waals surface area contributed by atoms with Gasteiger partial charge in [0.25, 0.3) is 0 Å². The minimum Gasteiger partial charge on any atom is -0.214 e. The summed E-state index contributed by atoms with van der Waals surface area (Å²) in [5.74, 6) is 0.863. The molecule has 1 aliphatic rings. The Morgan fingerprint density at radius 3 is 2.43 bits per heavy atom. The zero-order chi connectivity index (χ0) is 10.8. The van der Waals surface area contributed by atoms with E-state index in [0.29, 0.717) is 12.5 Å². The first-order chi connectivity index (χ1) is 6.41. The molecule has 0 amide bonds. The Morgan fingerprint density at radius 2 is 2.00 bits per heavy atom. The van der Waals surface area contributed by atoms with Crippen LogP contribution < -0.4 is 4.72 Å². The summed E-state index contributed by atoms with van der Waals surface area (Å²) >= 11 is 5.99. The van der Waals surface area contributed by atoms with Gasteiger partial charge < -0.3 is 0 Å². The Balaban J connectivity index is 2.28. The predicted molar refractivity (Wildman–Crippen MR) is 59.0 cm³/mol. The number of hydrogen-bond donors (Lipinski definition) is 1. The zero-order valence-corrected chi connectivity index (χ0v) is 10.2. The van der Waals surface area contributed by atoms with Gasteiger partial charge in [-0.15, -0.1) is 11.6 Å². The fraction of sp³-hybridized carbons (Fsp3) is 1.00. The van der Waals surface area contributed by atoms with Crippen LogP contribution in [0, 0.1) is 11.8 Å². The minimum absolute atomic E-state index is 0.0306. The Labute approximate surface area is 91.3 Å². The highest BCUT2D eigenvalue weighted by Crippen LogP contribution is 2.35. The second-order valence-corrected chi connectivity index (χ2v) is 6.79. The fourth-order valence-electron chi connectivity index (χ4n) is 1.33. The lowest BCUT2D eigenvalue weighted by Crippen LogP contribution is -2.33. The van der Waals surface area contributed by atoms with Crippen LogP contribution in [0.4, 0.5) is 0 Å². The van der Waals surface area contributed by atoms with Crippen molar-refractivity contribution in [1.82, 2.24) is 4.72 Å². The quantitative estimate of drug-likeness (QED) is 0.716. The first-order valence-corrected chi connectivity index (χ1v) is 7.11. The van der Waals surface area contributed by atoms with Gasteiger partial charge in [0.15, 0.2) is 0 Å². The molecule has 1 saturated carbocycles. The van der Waals surface area contributed by atoms with Gasteiger partial charge >= 0.3 is 0 Å². The summed E-state index contributed by atoms with van der Waals surface area (Å²) < 4.78 is 25.4. The summed E-state index contributed by atoms with van der Waals surface area (Å²) in [6, 6.07) is 0. The minimum atomic E-state index is -3.12. The van der Waals surface area contributed by atoms with Crippen LogP contribution in [-0.2, 0) is 10.0 Å². The van der Waals surface area contributed by atoms with Gasteiger partial charge in [-0.05, 0) is 24.7 Å². The van der Waals surface area contributed by atoms with E-state index in [1.54, 1.807) is 0 Å². The summed E-state index contributed by atoms with van der Waals surface area (Å²) in [6.45, 7) is 4.15. The molecular weight excluding hydrogens is 222 g/mol. The number of halogens is 1. The van der Waals surface area contributed by atoms with Gasteiger partial charge in [0, 0.05) is 11.9 Å². The molecule has 1 unspecified atom stereocenters. The van der Waals surface area contributed by atoms with Crippen LogP contribution in [0.2, 0.25) is 0 Å². The first-order valence-electron chi connectivity index (χ1n) is 5.02. The predicted octanol–water partition coefficient (Wildman–Crippen LogP) is 1.58. The molecule has 14 heavy (non-hydrogen) atoms. The summed E-state index contributed by atoms with van der Waals surface area (Å²) in [5, 5.41) is -0.0306. The molecule has 0 bridgehead atoms. The topological polar surface area (TPSA) is 46.2 Å². The third kappa shape index (κ3) is 4.62. The number of sulfonamides is 1. The Hall–Kier alpha value is 0.200. The third-order valence-corrected chi connectivity index (χ3v) is 4.41. The summed E-state index contributed by atoms with van der Waals surface area (Å²) in [4.78, 5) is 0. The van der Waals surface area contributed by atoms with Crippen LogP contribution in [0.3, 0.4) is 0 Å². The largest absolute Gasteiger partial charge is 0.214 e. The van der Waals surface area contributed by atoms with Crippen LogP contribution in [0.25, 0.3) is 0 Å². The number of rotatable bonds is 6. The lowest BCUT2D eigenvalue weighted by atomic mass is 10.3. The maximum atomic E-state index is 11.4. The lowest BCUT2D eigenvalue weighted by molar-refractivity contribution is 0.563. The highest BCUT2D eigenvalue weighted by atomic mass is 35.5. The summed E-state index contributed by atoms with van der Waals surface area (Å²) in [5.41, 5.74) is 0. The van der Waals surface area contributed by atoms with Crippen molar-refractivity contribution in [3.05, 3.63) is 0 Å². The maximum absolute atomic E-state index is 11.4. The van der Waals surface area contributed by atoms with Gasteiger partial charge in [0.05, 0.1) is 5.75 Å². The van der Waals surface area contributed by atoms with E-state index in [2.05, 4.69) is 4.72 Å². The lowest BCUT2D eigenvalue weighted by Gasteiger charge is -2.11.